The Kier molecular flexibility index (Phi) is 5.48. The Morgan fingerprint density at radius 3 is 2.26 bits per heavy atom. The number of aromatic nitrogens is 3. The molecule has 4 rings (SSSR count). The summed E-state index contributed by atoms with van der Waals surface area (Å²) in [5.74, 6) is 1.99. The van der Waals surface area contributed by atoms with Crippen LogP contribution in [-0.4, -0.2) is 43.4 Å². The lowest BCUT2D eigenvalue weighted by atomic mass is 10.2. The largest absolute Gasteiger partial charge is 0.494 e. The number of anilines is 2. The molecule has 0 atom stereocenters. The maximum atomic E-state index is 14.7. The fraction of sp³-hybridized carbons (Fsp3) is 0.182. The van der Waals surface area contributed by atoms with Crippen molar-refractivity contribution in [3.8, 4) is 34.4 Å². The van der Waals surface area contributed by atoms with Crippen molar-refractivity contribution in [1.29, 1.82) is 0 Å². The number of halogens is 1. The minimum Gasteiger partial charge on any atom is -0.494 e. The van der Waals surface area contributed by atoms with Crippen LogP contribution in [0.1, 0.15) is 0 Å². The average Bonchev–Trinajstić information content (AvgIpc) is 3.23. The zero-order valence-corrected chi connectivity index (χ0v) is 17.4. The third-order valence-electron chi connectivity index (χ3n) is 4.77. The summed E-state index contributed by atoms with van der Waals surface area (Å²) in [5.41, 5.74) is 2.21. The van der Waals surface area contributed by atoms with Crippen molar-refractivity contribution < 1.29 is 23.3 Å². The Morgan fingerprint density at radius 1 is 0.903 bits per heavy atom. The average molecular weight is 424 g/mol. The van der Waals surface area contributed by atoms with Crippen molar-refractivity contribution in [3.63, 3.8) is 0 Å². The zero-order chi connectivity index (χ0) is 22.0. The van der Waals surface area contributed by atoms with Crippen molar-refractivity contribution in [3.05, 3.63) is 48.4 Å². The first-order valence-electron chi connectivity index (χ1n) is 9.34. The van der Waals surface area contributed by atoms with Crippen LogP contribution >= 0.6 is 0 Å². The second-order valence-electron chi connectivity index (χ2n) is 6.50. The molecule has 0 unspecified atom stereocenters. The molecule has 8 nitrogen and oxygen atoms in total. The lowest BCUT2D eigenvalue weighted by molar-refractivity contribution is 0.324. The van der Waals surface area contributed by atoms with Gasteiger partial charge in [-0.15, -0.1) is 0 Å². The molecule has 31 heavy (non-hydrogen) atoms. The summed E-state index contributed by atoms with van der Waals surface area (Å²) in [7, 11) is 6.05. The van der Waals surface area contributed by atoms with E-state index in [0.29, 0.717) is 51.2 Å². The van der Waals surface area contributed by atoms with Gasteiger partial charge in [0.2, 0.25) is 5.75 Å². The first-order valence-corrected chi connectivity index (χ1v) is 9.34. The number of benzene rings is 2. The highest BCUT2D eigenvalue weighted by atomic mass is 19.1. The summed E-state index contributed by atoms with van der Waals surface area (Å²) < 4.78 is 35.9. The molecule has 0 aliphatic carbocycles. The number of methoxy groups -OCH3 is 4. The maximum Gasteiger partial charge on any atom is 0.203 e. The predicted octanol–water partition coefficient (Wildman–Crippen LogP) is 4.54. The molecule has 2 N–H and O–H groups in total. The molecule has 2 heterocycles. The molecule has 4 aromatic rings. The van der Waals surface area contributed by atoms with Crippen LogP contribution in [0.15, 0.2) is 42.6 Å². The zero-order valence-electron chi connectivity index (χ0n) is 17.4. The number of nitrogens with zero attached hydrogens (tertiary/aromatic N) is 2. The lowest BCUT2D eigenvalue weighted by Gasteiger charge is -2.15. The van der Waals surface area contributed by atoms with Gasteiger partial charge in [-0.1, -0.05) is 6.07 Å². The molecule has 0 saturated carbocycles. The van der Waals surface area contributed by atoms with Gasteiger partial charge in [0.15, 0.2) is 28.9 Å². The number of aromatic amines is 1. The molecule has 2 aromatic carbocycles. The van der Waals surface area contributed by atoms with Crippen molar-refractivity contribution in [2.75, 3.05) is 33.8 Å². The summed E-state index contributed by atoms with van der Waals surface area (Å²) in [6, 6.07) is 10.2. The maximum absolute atomic E-state index is 14.7. The number of H-pyrrole nitrogens is 1. The van der Waals surface area contributed by atoms with Gasteiger partial charge in [-0.3, -0.25) is 0 Å². The first-order chi connectivity index (χ1) is 15.1. The number of imidazole rings is 1. The van der Waals surface area contributed by atoms with Gasteiger partial charge < -0.3 is 29.2 Å². The van der Waals surface area contributed by atoms with E-state index in [1.807, 2.05) is 0 Å². The SMILES string of the molecule is COc1cccc(-c2nc3c(Nc4cc(OC)c(OC)c(OC)c4)nccc3[nH]2)c1F. The van der Waals surface area contributed by atoms with Crippen LogP contribution in [0.5, 0.6) is 23.0 Å². The summed E-state index contributed by atoms with van der Waals surface area (Å²) in [4.78, 5) is 12.1. The van der Waals surface area contributed by atoms with Crippen LogP contribution in [0.25, 0.3) is 22.4 Å². The molecule has 160 valence electrons. The number of fused-ring (bicyclic) bond motifs is 1. The Balaban J connectivity index is 1.77. The van der Waals surface area contributed by atoms with E-state index in [0.717, 1.165) is 0 Å². The molecule has 0 spiro atoms. The van der Waals surface area contributed by atoms with Crippen LogP contribution in [-0.2, 0) is 0 Å². The van der Waals surface area contributed by atoms with E-state index in [4.69, 9.17) is 18.9 Å². The number of rotatable bonds is 7. The lowest BCUT2D eigenvalue weighted by Crippen LogP contribution is -1.99. The molecular weight excluding hydrogens is 403 g/mol. The Morgan fingerprint density at radius 2 is 1.61 bits per heavy atom. The minimum absolute atomic E-state index is 0.145. The second kappa shape index (κ2) is 8.39. The molecule has 0 bridgehead atoms. The van der Waals surface area contributed by atoms with E-state index in [1.165, 1.54) is 7.11 Å². The van der Waals surface area contributed by atoms with Crippen LogP contribution in [0, 0.1) is 5.82 Å². The summed E-state index contributed by atoms with van der Waals surface area (Å²) in [6.45, 7) is 0. The van der Waals surface area contributed by atoms with Gasteiger partial charge >= 0.3 is 0 Å². The fourth-order valence-corrected chi connectivity index (χ4v) is 3.30. The summed E-state index contributed by atoms with van der Waals surface area (Å²) >= 11 is 0. The van der Waals surface area contributed by atoms with Gasteiger partial charge in [0, 0.05) is 24.0 Å². The van der Waals surface area contributed by atoms with Gasteiger partial charge in [-0.2, -0.15) is 0 Å². The normalized spacial score (nSPS) is 10.7. The minimum atomic E-state index is -0.490. The fourth-order valence-electron chi connectivity index (χ4n) is 3.30. The predicted molar refractivity (Wildman–Crippen MR) is 115 cm³/mol. The van der Waals surface area contributed by atoms with E-state index in [-0.39, 0.29) is 5.75 Å². The highest BCUT2D eigenvalue weighted by molar-refractivity contribution is 5.90. The van der Waals surface area contributed by atoms with Crippen LogP contribution in [0.2, 0.25) is 0 Å². The van der Waals surface area contributed by atoms with Crippen LogP contribution in [0.4, 0.5) is 15.9 Å². The molecule has 0 aliphatic rings. The number of hydrogen-bond donors (Lipinski definition) is 2. The standard InChI is InChI=1S/C22H21FN4O4/c1-28-15-7-5-6-13(18(15)23)21-26-14-8-9-24-22(19(14)27-21)25-12-10-16(29-2)20(31-4)17(11-12)30-3/h5-11H,1-4H3,(H,24,25)(H,26,27). The Labute approximate surface area is 178 Å². The van der Waals surface area contributed by atoms with Crippen LogP contribution < -0.4 is 24.3 Å². The van der Waals surface area contributed by atoms with E-state index < -0.39 is 5.82 Å². The van der Waals surface area contributed by atoms with Gasteiger partial charge in [0.1, 0.15) is 11.3 Å². The number of pyridine rings is 1. The second-order valence-corrected chi connectivity index (χ2v) is 6.50. The molecule has 0 fully saturated rings. The molecule has 2 aromatic heterocycles. The highest BCUT2D eigenvalue weighted by Gasteiger charge is 2.17. The Bertz CT molecular complexity index is 1220. The third-order valence-corrected chi connectivity index (χ3v) is 4.77. The third kappa shape index (κ3) is 3.65. The highest BCUT2D eigenvalue weighted by Crippen LogP contribution is 2.41. The van der Waals surface area contributed by atoms with Gasteiger partial charge in [-0.25, -0.2) is 14.4 Å². The van der Waals surface area contributed by atoms with Crippen molar-refractivity contribution in [2.45, 2.75) is 0 Å². The van der Waals surface area contributed by atoms with Gasteiger partial charge in [-0.05, 0) is 18.2 Å². The first kappa shape index (κ1) is 20.3. The van der Waals surface area contributed by atoms with Gasteiger partial charge in [0.25, 0.3) is 0 Å². The van der Waals surface area contributed by atoms with E-state index in [1.54, 1.807) is 63.9 Å². The van der Waals surface area contributed by atoms with E-state index in [2.05, 4.69) is 20.3 Å². The molecule has 9 heteroatoms. The Hall–Kier alpha value is -4.01. The summed E-state index contributed by atoms with van der Waals surface area (Å²) in [6.07, 6.45) is 1.63. The topological polar surface area (TPSA) is 90.5 Å². The number of nitrogens with one attached hydrogen (secondary N) is 2. The quantitative estimate of drug-likeness (QED) is 0.450. The monoisotopic (exact) mass is 424 g/mol. The van der Waals surface area contributed by atoms with E-state index in [9.17, 15) is 4.39 Å². The van der Waals surface area contributed by atoms with Crippen molar-refractivity contribution >= 4 is 22.5 Å². The van der Waals surface area contributed by atoms with Crippen molar-refractivity contribution in [2.24, 2.45) is 0 Å². The molecular formula is C22H21FN4O4. The number of hydrogen-bond acceptors (Lipinski definition) is 7. The summed E-state index contributed by atoms with van der Waals surface area (Å²) in [5, 5.41) is 3.22. The van der Waals surface area contributed by atoms with Crippen molar-refractivity contribution in [1.82, 2.24) is 15.0 Å². The molecule has 0 saturated heterocycles. The molecule has 0 radical (unpaired) electrons. The van der Waals surface area contributed by atoms with E-state index >= 15 is 0 Å². The number of ether oxygens (including phenoxy) is 4. The smallest absolute Gasteiger partial charge is 0.203 e. The van der Waals surface area contributed by atoms with Crippen LogP contribution in [0.3, 0.4) is 0 Å². The molecule has 0 amide bonds. The van der Waals surface area contributed by atoms with Gasteiger partial charge in [0.05, 0.1) is 39.5 Å². The molecule has 0 aliphatic heterocycles.